The smallest absolute Gasteiger partial charge is 0.0589 e. The zero-order chi connectivity index (χ0) is 11.8. The van der Waals surface area contributed by atoms with Gasteiger partial charge in [-0.05, 0) is 25.3 Å². The molecule has 0 aromatic carbocycles. The van der Waals surface area contributed by atoms with E-state index in [0.29, 0.717) is 6.04 Å². The third-order valence-electron chi connectivity index (χ3n) is 3.22. The Hall–Kier alpha value is -0.120. The summed E-state index contributed by atoms with van der Waals surface area (Å²) < 4.78 is 5.21. The Labute approximate surface area is 101 Å². The van der Waals surface area contributed by atoms with Gasteiger partial charge in [0.25, 0.3) is 0 Å². The van der Waals surface area contributed by atoms with Gasteiger partial charge >= 0.3 is 0 Å². The van der Waals surface area contributed by atoms with Gasteiger partial charge in [0.05, 0.1) is 6.61 Å². The Morgan fingerprint density at radius 1 is 1.38 bits per heavy atom. The van der Waals surface area contributed by atoms with E-state index in [-0.39, 0.29) is 0 Å². The van der Waals surface area contributed by atoms with E-state index in [1.165, 1.54) is 32.4 Å². The van der Waals surface area contributed by atoms with E-state index >= 15 is 0 Å². The molecule has 1 aliphatic heterocycles. The largest absolute Gasteiger partial charge is 0.383 e. The number of hydrogen-bond donors (Lipinski definition) is 1. The zero-order valence-corrected chi connectivity index (χ0v) is 11.2. The number of methoxy groups -OCH3 is 1. The van der Waals surface area contributed by atoms with E-state index in [9.17, 15) is 0 Å². The van der Waals surface area contributed by atoms with Crippen molar-refractivity contribution < 1.29 is 4.74 Å². The topological polar surface area (TPSA) is 24.5 Å². The van der Waals surface area contributed by atoms with Crippen LogP contribution in [0.15, 0.2) is 0 Å². The SMILES string of the molecule is COCCN(CC(C)C)C1CCCCNC1. The fourth-order valence-corrected chi connectivity index (χ4v) is 2.41. The van der Waals surface area contributed by atoms with Gasteiger partial charge in [-0.3, -0.25) is 4.90 Å². The predicted molar refractivity (Wildman–Crippen MR) is 68.8 cm³/mol. The van der Waals surface area contributed by atoms with E-state index in [1.54, 1.807) is 7.11 Å². The normalized spacial score (nSPS) is 22.7. The van der Waals surface area contributed by atoms with Gasteiger partial charge in [-0.2, -0.15) is 0 Å². The van der Waals surface area contributed by atoms with Crippen molar-refractivity contribution in [3.8, 4) is 0 Å². The lowest BCUT2D eigenvalue weighted by Crippen LogP contribution is -2.44. The number of nitrogens with zero attached hydrogens (tertiary/aromatic N) is 1. The van der Waals surface area contributed by atoms with Crippen LogP contribution >= 0.6 is 0 Å². The van der Waals surface area contributed by atoms with Crippen molar-refractivity contribution in [3.63, 3.8) is 0 Å². The predicted octanol–water partition coefficient (Wildman–Crippen LogP) is 1.73. The Balaban J connectivity index is 2.43. The van der Waals surface area contributed by atoms with Crippen LogP contribution in [-0.4, -0.2) is 50.8 Å². The van der Waals surface area contributed by atoms with Gasteiger partial charge < -0.3 is 10.1 Å². The molecule has 1 fully saturated rings. The fraction of sp³-hybridized carbons (Fsp3) is 1.00. The molecule has 0 aromatic rings. The molecule has 0 amide bonds. The molecule has 0 spiro atoms. The lowest BCUT2D eigenvalue weighted by Gasteiger charge is -2.32. The number of hydrogen-bond acceptors (Lipinski definition) is 3. The Morgan fingerprint density at radius 2 is 2.19 bits per heavy atom. The van der Waals surface area contributed by atoms with Crippen molar-refractivity contribution >= 4 is 0 Å². The molecule has 1 rings (SSSR count). The van der Waals surface area contributed by atoms with Crippen LogP contribution in [0.3, 0.4) is 0 Å². The summed E-state index contributed by atoms with van der Waals surface area (Å²) in [5, 5.41) is 3.54. The van der Waals surface area contributed by atoms with Gasteiger partial charge in [0.15, 0.2) is 0 Å². The van der Waals surface area contributed by atoms with Crippen molar-refractivity contribution in [2.45, 2.75) is 39.2 Å². The second kappa shape index (κ2) is 8.04. The van der Waals surface area contributed by atoms with E-state index in [1.807, 2.05) is 0 Å². The van der Waals surface area contributed by atoms with Crippen molar-refractivity contribution in [1.82, 2.24) is 10.2 Å². The third kappa shape index (κ3) is 5.28. The van der Waals surface area contributed by atoms with Gasteiger partial charge in [0.2, 0.25) is 0 Å². The number of rotatable bonds is 6. The monoisotopic (exact) mass is 228 g/mol. The average molecular weight is 228 g/mol. The van der Waals surface area contributed by atoms with Crippen molar-refractivity contribution in [1.29, 1.82) is 0 Å². The highest BCUT2D eigenvalue weighted by molar-refractivity contribution is 4.77. The summed E-state index contributed by atoms with van der Waals surface area (Å²) in [7, 11) is 1.79. The lowest BCUT2D eigenvalue weighted by molar-refractivity contribution is 0.107. The van der Waals surface area contributed by atoms with Gasteiger partial charge in [-0.1, -0.05) is 20.3 Å². The molecule has 0 aromatic heterocycles. The van der Waals surface area contributed by atoms with Crippen LogP contribution in [0.4, 0.5) is 0 Å². The first-order valence-electron chi connectivity index (χ1n) is 6.67. The first-order valence-corrected chi connectivity index (χ1v) is 6.67. The zero-order valence-electron chi connectivity index (χ0n) is 11.2. The molecule has 3 nitrogen and oxygen atoms in total. The van der Waals surface area contributed by atoms with Gasteiger partial charge in [0.1, 0.15) is 0 Å². The fourth-order valence-electron chi connectivity index (χ4n) is 2.41. The first-order chi connectivity index (χ1) is 7.74. The van der Waals surface area contributed by atoms with Crippen molar-refractivity contribution in [2.75, 3.05) is 39.9 Å². The van der Waals surface area contributed by atoms with Gasteiger partial charge in [0, 0.05) is 32.8 Å². The molecule has 0 aliphatic carbocycles. The minimum atomic E-state index is 0.708. The molecule has 0 bridgehead atoms. The van der Waals surface area contributed by atoms with Crippen LogP contribution in [0.5, 0.6) is 0 Å². The summed E-state index contributed by atoms with van der Waals surface area (Å²) in [6, 6.07) is 0.708. The Morgan fingerprint density at radius 3 is 2.88 bits per heavy atom. The van der Waals surface area contributed by atoms with Crippen molar-refractivity contribution in [3.05, 3.63) is 0 Å². The van der Waals surface area contributed by atoms with Crippen LogP contribution in [-0.2, 0) is 4.74 Å². The molecule has 96 valence electrons. The minimum Gasteiger partial charge on any atom is -0.383 e. The standard InChI is InChI=1S/C13H28N2O/c1-12(2)11-15(8-9-16-3)13-6-4-5-7-14-10-13/h12-14H,4-11H2,1-3H3. The highest BCUT2D eigenvalue weighted by Gasteiger charge is 2.20. The summed E-state index contributed by atoms with van der Waals surface area (Å²) in [5.74, 6) is 0.736. The van der Waals surface area contributed by atoms with Crippen LogP contribution in [0, 0.1) is 5.92 Å². The maximum atomic E-state index is 5.21. The van der Waals surface area contributed by atoms with Gasteiger partial charge in [-0.15, -0.1) is 0 Å². The van der Waals surface area contributed by atoms with Crippen LogP contribution < -0.4 is 5.32 Å². The van der Waals surface area contributed by atoms with Crippen molar-refractivity contribution in [2.24, 2.45) is 5.92 Å². The Kier molecular flexibility index (Phi) is 7.01. The van der Waals surface area contributed by atoms with Crippen LogP contribution in [0.1, 0.15) is 33.1 Å². The lowest BCUT2D eigenvalue weighted by atomic mass is 10.1. The number of nitrogens with one attached hydrogen (secondary N) is 1. The summed E-state index contributed by atoms with van der Waals surface area (Å²) in [6.07, 6.45) is 4.03. The van der Waals surface area contributed by atoms with E-state index in [0.717, 1.165) is 25.6 Å². The number of ether oxygens (including phenoxy) is 1. The summed E-state index contributed by atoms with van der Waals surface area (Å²) in [6.45, 7) is 10.0. The highest BCUT2D eigenvalue weighted by Crippen LogP contribution is 2.13. The minimum absolute atomic E-state index is 0.708. The quantitative estimate of drug-likeness (QED) is 0.749. The highest BCUT2D eigenvalue weighted by atomic mass is 16.5. The third-order valence-corrected chi connectivity index (χ3v) is 3.22. The molecule has 1 N–H and O–H groups in total. The summed E-state index contributed by atoms with van der Waals surface area (Å²) in [5.41, 5.74) is 0. The van der Waals surface area contributed by atoms with E-state index in [2.05, 4.69) is 24.1 Å². The molecule has 1 saturated heterocycles. The molecule has 16 heavy (non-hydrogen) atoms. The van der Waals surface area contributed by atoms with Crippen LogP contribution in [0.25, 0.3) is 0 Å². The maximum absolute atomic E-state index is 5.21. The molecule has 0 saturated carbocycles. The first kappa shape index (κ1) is 13.9. The average Bonchev–Trinajstić information content (AvgIpc) is 2.52. The van der Waals surface area contributed by atoms with Gasteiger partial charge in [-0.25, -0.2) is 0 Å². The molecular weight excluding hydrogens is 200 g/mol. The summed E-state index contributed by atoms with van der Waals surface area (Å²) >= 11 is 0. The molecule has 1 heterocycles. The molecule has 0 radical (unpaired) electrons. The Bertz CT molecular complexity index is 165. The molecule has 1 atom stereocenters. The maximum Gasteiger partial charge on any atom is 0.0589 e. The van der Waals surface area contributed by atoms with E-state index < -0.39 is 0 Å². The summed E-state index contributed by atoms with van der Waals surface area (Å²) in [4.78, 5) is 2.60. The second-order valence-corrected chi connectivity index (χ2v) is 5.24. The molecule has 3 heteroatoms. The molecular formula is C13H28N2O. The molecule has 1 unspecified atom stereocenters. The molecule has 1 aliphatic rings. The van der Waals surface area contributed by atoms with E-state index in [4.69, 9.17) is 4.74 Å². The second-order valence-electron chi connectivity index (χ2n) is 5.24. The van der Waals surface area contributed by atoms with Crippen LogP contribution in [0.2, 0.25) is 0 Å².